The third kappa shape index (κ3) is 2.40. The van der Waals surface area contributed by atoms with E-state index in [1.54, 1.807) is 18.2 Å². The van der Waals surface area contributed by atoms with Crippen LogP contribution in [0.4, 0.5) is 4.39 Å². The Balaban J connectivity index is 1.81. The Morgan fingerprint density at radius 1 is 1.08 bits per heavy atom. The summed E-state index contributed by atoms with van der Waals surface area (Å²) in [5.41, 5.74) is 2.24. The lowest BCUT2D eigenvalue weighted by Gasteiger charge is -2.08. The van der Waals surface area contributed by atoms with Crippen LogP contribution < -0.4 is 0 Å². The van der Waals surface area contributed by atoms with E-state index in [1.165, 1.54) is 12.1 Å². The lowest BCUT2D eigenvalue weighted by molar-refractivity contribution is 0.0698. The van der Waals surface area contributed by atoms with Gasteiger partial charge in [-0.05, 0) is 30.3 Å². The summed E-state index contributed by atoms with van der Waals surface area (Å²) in [5, 5.41) is 11.1. The van der Waals surface area contributed by atoms with Gasteiger partial charge in [0.25, 0.3) is 0 Å². The molecule has 2 heterocycles. The molecule has 0 aliphatic carbocycles. The zero-order valence-corrected chi connectivity index (χ0v) is 12.6. The Morgan fingerprint density at radius 3 is 2.75 bits per heavy atom. The fourth-order valence-corrected chi connectivity index (χ4v) is 2.96. The predicted molar refractivity (Wildman–Crippen MR) is 89.7 cm³/mol. The van der Waals surface area contributed by atoms with Gasteiger partial charge in [-0.2, -0.15) is 0 Å². The Morgan fingerprint density at radius 2 is 1.92 bits per heavy atom. The average molecular weight is 320 g/mol. The summed E-state index contributed by atoms with van der Waals surface area (Å²) >= 11 is 0. The first kappa shape index (κ1) is 14.4. The average Bonchev–Trinajstić information content (AvgIpc) is 2.97. The summed E-state index contributed by atoms with van der Waals surface area (Å²) in [4.78, 5) is 15.9. The van der Waals surface area contributed by atoms with Crippen LogP contribution >= 0.6 is 0 Å². The minimum Gasteiger partial charge on any atom is -0.478 e. The van der Waals surface area contributed by atoms with Crippen LogP contribution in [-0.2, 0) is 6.54 Å². The van der Waals surface area contributed by atoms with Crippen molar-refractivity contribution in [2.75, 3.05) is 0 Å². The highest BCUT2D eigenvalue weighted by Crippen LogP contribution is 2.22. The van der Waals surface area contributed by atoms with Crippen molar-refractivity contribution in [1.82, 2.24) is 9.55 Å². The molecular formula is C19H13FN2O2. The number of nitrogens with zero attached hydrogens (tertiary/aromatic N) is 2. The summed E-state index contributed by atoms with van der Waals surface area (Å²) in [6.45, 7) is 0.417. The van der Waals surface area contributed by atoms with E-state index in [2.05, 4.69) is 4.98 Å². The molecule has 4 aromatic rings. The molecule has 2 aromatic heterocycles. The van der Waals surface area contributed by atoms with Gasteiger partial charge >= 0.3 is 5.97 Å². The molecule has 0 atom stereocenters. The van der Waals surface area contributed by atoms with E-state index in [4.69, 9.17) is 0 Å². The Hall–Kier alpha value is -3.21. The number of benzene rings is 2. The molecule has 0 aliphatic rings. The van der Waals surface area contributed by atoms with Crippen LogP contribution in [0.25, 0.3) is 21.8 Å². The van der Waals surface area contributed by atoms with Crippen molar-refractivity contribution in [3.8, 4) is 0 Å². The first-order valence-corrected chi connectivity index (χ1v) is 7.48. The van der Waals surface area contributed by atoms with Crippen LogP contribution in [-0.4, -0.2) is 20.6 Å². The van der Waals surface area contributed by atoms with Crippen LogP contribution in [0.15, 0.2) is 60.8 Å². The summed E-state index contributed by atoms with van der Waals surface area (Å²) in [7, 11) is 0. The molecule has 2 aromatic carbocycles. The number of aromatic nitrogens is 2. The Labute approximate surface area is 136 Å². The third-order valence-electron chi connectivity index (χ3n) is 4.06. The zero-order valence-electron chi connectivity index (χ0n) is 12.6. The van der Waals surface area contributed by atoms with Crippen molar-refractivity contribution in [3.05, 3.63) is 77.9 Å². The second-order valence-corrected chi connectivity index (χ2v) is 5.63. The largest absolute Gasteiger partial charge is 0.478 e. The number of hydrogen-bond donors (Lipinski definition) is 1. The van der Waals surface area contributed by atoms with Gasteiger partial charge in [0, 0.05) is 23.0 Å². The zero-order chi connectivity index (χ0) is 16.7. The number of carboxylic acid groups (broad SMARTS) is 1. The second kappa shape index (κ2) is 5.45. The summed E-state index contributed by atoms with van der Waals surface area (Å²) < 4.78 is 15.2. The number of rotatable bonds is 3. The van der Waals surface area contributed by atoms with Crippen molar-refractivity contribution < 1.29 is 14.3 Å². The van der Waals surface area contributed by atoms with Gasteiger partial charge in [-0.1, -0.05) is 18.2 Å². The molecule has 0 radical (unpaired) electrons. The first-order valence-electron chi connectivity index (χ1n) is 7.48. The van der Waals surface area contributed by atoms with Crippen LogP contribution in [0.2, 0.25) is 0 Å². The van der Waals surface area contributed by atoms with Gasteiger partial charge in [-0.3, -0.25) is 4.98 Å². The normalized spacial score (nSPS) is 11.2. The standard InChI is InChI=1S/C19H13FN2O2/c20-14-6-4-12-5-7-15(21-17(12)10-14)11-22-9-8-13-2-1-3-16(18(13)22)19(23)24/h1-10H,11H2,(H,23,24). The van der Waals surface area contributed by atoms with Crippen LogP contribution in [0.3, 0.4) is 0 Å². The summed E-state index contributed by atoms with van der Waals surface area (Å²) in [5.74, 6) is -1.29. The van der Waals surface area contributed by atoms with E-state index < -0.39 is 5.97 Å². The van der Waals surface area contributed by atoms with E-state index in [0.717, 1.165) is 16.5 Å². The maximum absolute atomic E-state index is 13.4. The molecule has 4 nitrogen and oxygen atoms in total. The highest BCUT2D eigenvalue weighted by molar-refractivity contribution is 6.02. The minimum absolute atomic E-state index is 0.254. The van der Waals surface area contributed by atoms with Crippen LogP contribution in [0.5, 0.6) is 0 Å². The van der Waals surface area contributed by atoms with Crippen molar-refractivity contribution in [3.63, 3.8) is 0 Å². The third-order valence-corrected chi connectivity index (χ3v) is 4.06. The number of halogens is 1. The van der Waals surface area contributed by atoms with Crippen molar-refractivity contribution in [2.24, 2.45) is 0 Å². The molecule has 5 heteroatoms. The molecule has 24 heavy (non-hydrogen) atoms. The lowest BCUT2D eigenvalue weighted by atomic mass is 10.1. The van der Waals surface area contributed by atoms with Gasteiger partial charge in [-0.15, -0.1) is 0 Å². The maximum atomic E-state index is 13.4. The van der Waals surface area contributed by atoms with Gasteiger partial charge in [-0.25, -0.2) is 9.18 Å². The van der Waals surface area contributed by atoms with E-state index >= 15 is 0 Å². The number of aromatic carboxylic acids is 1. The Bertz CT molecular complexity index is 1090. The van der Waals surface area contributed by atoms with Gasteiger partial charge in [0.2, 0.25) is 0 Å². The second-order valence-electron chi connectivity index (χ2n) is 5.63. The number of carbonyl (C=O) groups is 1. The summed E-state index contributed by atoms with van der Waals surface area (Å²) in [6, 6.07) is 15.3. The SMILES string of the molecule is O=C(O)c1cccc2ccn(Cc3ccc4ccc(F)cc4n3)c12. The number of hydrogen-bond acceptors (Lipinski definition) is 2. The molecule has 118 valence electrons. The van der Waals surface area contributed by atoms with Gasteiger partial charge < -0.3 is 9.67 Å². The van der Waals surface area contributed by atoms with Crippen molar-refractivity contribution >= 4 is 27.8 Å². The molecular weight excluding hydrogens is 307 g/mol. The van der Waals surface area contributed by atoms with Crippen molar-refractivity contribution in [2.45, 2.75) is 6.54 Å². The molecule has 0 aliphatic heterocycles. The minimum atomic E-state index is -0.964. The molecule has 0 bridgehead atoms. The van der Waals surface area contributed by atoms with Crippen molar-refractivity contribution in [1.29, 1.82) is 0 Å². The highest BCUT2D eigenvalue weighted by Gasteiger charge is 2.12. The van der Waals surface area contributed by atoms with Gasteiger partial charge in [0.1, 0.15) is 5.82 Å². The molecule has 1 N–H and O–H groups in total. The Kier molecular flexibility index (Phi) is 3.27. The van der Waals surface area contributed by atoms with Gasteiger partial charge in [0.15, 0.2) is 0 Å². The van der Waals surface area contributed by atoms with Crippen LogP contribution in [0.1, 0.15) is 16.1 Å². The van der Waals surface area contributed by atoms with E-state index in [1.807, 2.05) is 35.0 Å². The molecule has 4 rings (SSSR count). The lowest BCUT2D eigenvalue weighted by Crippen LogP contribution is -2.05. The smallest absolute Gasteiger partial charge is 0.337 e. The molecule has 0 saturated heterocycles. The summed E-state index contributed by atoms with van der Waals surface area (Å²) in [6.07, 6.45) is 1.84. The maximum Gasteiger partial charge on any atom is 0.337 e. The number of para-hydroxylation sites is 1. The number of carboxylic acids is 1. The highest BCUT2D eigenvalue weighted by atomic mass is 19.1. The molecule has 0 saturated carbocycles. The van der Waals surface area contributed by atoms with Gasteiger partial charge in [0.05, 0.1) is 28.8 Å². The predicted octanol–water partition coefficient (Wildman–Crippen LogP) is 4.08. The number of pyridine rings is 1. The quantitative estimate of drug-likeness (QED) is 0.619. The van der Waals surface area contributed by atoms with E-state index in [9.17, 15) is 14.3 Å². The van der Waals surface area contributed by atoms with E-state index in [-0.39, 0.29) is 11.4 Å². The molecule has 0 amide bonds. The topological polar surface area (TPSA) is 55.1 Å². The molecule has 0 fully saturated rings. The fraction of sp³-hybridized carbons (Fsp3) is 0.0526. The molecule has 0 unspecified atom stereocenters. The first-order chi connectivity index (χ1) is 11.6. The monoisotopic (exact) mass is 320 g/mol. The fourth-order valence-electron chi connectivity index (χ4n) is 2.96. The van der Waals surface area contributed by atoms with Crippen LogP contribution in [0, 0.1) is 5.82 Å². The van der Waals surface area contributed by atoms with E-state index in [0.29, 0.717) is 17.6 Å². The number of fused-ring (bicyclic) bond motifs is 2. The molecule has 0 spiro atoms.